The average molecular weight is 333 g/mol. The number of alkyl halides is 1. The number of halogens is 1. The molecule has 2 saturated carbocycles. The summed E-state index contributed by atoms with van der Waals surface area (Å²) in [7, 11) is -4.49. The number of fused-ring (bicyclic) bond motifs is 2. The Labute approximate surface area is 132 Å². The molecule has 0 aliphatic heterocycles. The van der Waals surface area contributed by atoms with Crippen LogP contribution in [-0.2, 0) is 14.9 Å². The molecule has 2 aliphatic rings. The maximum Gasteiger partial charge on any atom is 1.00 e. The molecule has 0 heterocycles. The summed E-state index contributed by atoms with van der Waals surface area (Å²) in [6.07, 6.45) is 1.74. The average Bonchev–Trinajstić information content (AvgIpc) is 2.48. The first-order chi connectivity index (χ1) is 7.14. The number of rotatable bonds is 2. The van der Waals surface area contributed by atoms with Gasteiger partial charge in [0.25, 0.3) is 0 Å². The largest absolute Gasteiger partial charge is 1.00 e. The van der Waals surface area contributed by atoms with Crippen molar-refractivity contribution in [1.29, 1.82) is 0 Å². The summed E-state index contributed by atoms with van der Waals surface area (Å²) in [6.45, 7) is 3.80. The van der Waals surface area contributed by atoms with Crippen molar-refractivity contribution in [1.82, 2.24) is 0 Å². The van der Waals surface area contributed by atoms with Crippen molar-refractivity contribution < 1.29 is 47.3 Å². The normalized spacial score (nSPS) is 36.7. The van der Waals surface area contributed by atoms with Crippen LogP contribution in [0, 0.1) is 16.7 Å². The van der Waals surface area contributed by atoms with Gasteiger partial charge in [0, 0.05) is 6.42 Å². The van der Waals surface area contributed by atoms with Gasteiger partial charge in [-0.05, 0) is 24.2 Å². The summed E-state index contributed by atoms with van der Waals surface area (Å²) in [5.41, 5.74) is -1.42. The van der Waals surface area contributed by atoms with Gasteiger partial charge in [0.05, 0.1) is 5.41 Å². The van der Waals surface area contributed by atoms with Gasteiger partial charge in [-0.25, -0.2) is 8.42 Å². The standard InChI is InChI=1S/C10H15BrO4S.Na/c1-9(2)6-3-4-10(9,7(12)5-6)8(11)16(13,14)15;/h6,8H,3-5H2,1-2H3,(H,13,14,15);/q;+1/p-1. The number of hydrogen-bond acceptors (Lipinski definition) is 4. The van der Waals surface area contributed by atoms with Gasteiger partial charge in [-0.15, -0.1) is 0 Å². The Balaban J connectivity index is 0.00000144. The first-order valence-electron chi connectivity index (χ1n) is 5.26. The van der Waals surface area contributed by atoms with E-state index in [9.17, 15) is 17.8 Å². The number of carbonyl (C=O) groups excluding carboxylic acids is 1. The molecule has 2 rings (SSSR count). The third-order valence-electron chi connectivity index (χ3n) is 4.63. The molecule has 3 unspecified atom stereocenters. The Bertz CT molecular complexity index is 447. The van der Waals surface area contributed by atoms with E-state index in [1.165, 1.54) is 0 Å². The van der Waals surface area contributed by atoms with E-state index < -0.39 is 25.1 Å². The minimum atomic E-state index is -4.49. The number of hydrogen-bond donors (Lipinski definition) is 0. The summed E-state index contributed by atoms with van der Waals surface area (Å²) < 4.78 is 32.2. The molecule has 0 spiro atoms. The van der Waals surface area contributed by atoms with Gasteiger partial charge < -0.3 is 4.55 Å². The first kappa shape index (κ1) is 16.1. The maximum atomic E-state index is 12.0. The molecule has 17 heavy (non-hydrogen) atoms. The third kappa shape index (κ3) is 1.99. The van der Waals surface area contributed by atoms with E-state index in [-0.39, 0.29) is 41.3 Å². The summed E-state index contributed by atoms with van der Waals surface area (Å²) in [6, 6.07) is 0. The fourth-order valence-corrected chi connectivity index (χ4v) is 5.61. The van der Waals surface area contributed by atoms with Crippen LogP contribution in [0.1, 0.15) is 33.1 Å². The SMILES string of the molecule is CC1(C)C2CCC1(C(Br)S(=O)(=O)[O-])C(=O)C2.[Na+]. The Kier molecular flexibility index (Phi) is 4.32. The van der Waals surface area contributed by atoms with Crippen molar-refractivity contribution in [2.75, 3.05) is 0 Å². The second kappa shape index (κ2) is 4.56. The van der Waals surface area contributed by atoms with Crippen molar-refractivity contribution in [2.45, 2.75) is 37.3 Å². The van der Waals surface area contributed by atoms with Crippen molar-refractivity contribution in [3.05, 3.63) is 0 Å². The van der Waals surface area contributed by atoms with E-state index in [0.29, 0.717) is 12.8 Å². The Hall–Kier alpha value is 1.06. The summed E-state index contributed by atoms with van der Waals surface area (Å²) in [5.74, 6) is 0.136. The van der Waals surface area contributed by atoms with E-state index in [1.54, 1.807) is 0 Å². The molecule has 7 heteroatoms. The second-order valence-electron chi connectivity index (χ2n) is 5.36. The maximum absolute atomic E-state index is 12.0. The van der Waals surface area contributed by atoms with Crippen LogP contribution in [0.25, 0.3) is 0 Å². The Morgan fingerprint density at radius 2 is 2.00 bits per heavy atom. The van der Waals surface area contributed by atoms with Crippen molar-refractivity contribution in [3.63, 3.8) is 0 Å². The van der Waals surface area contributed by atoms with Crippen LogP contribution in [-0.4, -0.2) is 22.9 Å². The zero-order valence-electron chi connectivity index (χ0n) is 10.2. The molecule has 92 valence electrons. The molecule has 2 aliphatic carbocycles. The quantitative estimate of drug-likeness (QED) is 0.356. The summed E-state index contributed by atoms with van der Waals surface area (Å²) >= 11 is 2.96. The molecule has 4 nitrogen and oxygen atoms in total. The zero-order chi connectivity index (χ0) is 12.4. The predicted molar refractivity (Wildman–Crippen MR) is 61.0 cm³/mol. The summed E-state index contributed by atoms with van der Waals surface area (Å²) in [4.78, 5) is 12.0. The van der Waals surface area contributed by atoms with Crippen LogP contribution in [0.15, 0.2) is 0 Å². The Morgan fingerprint density at radius 3 is 2.29 bits per heavy atom. The molecule has 0 aromatic heterocycles. The molecular formula is C10H14BrNaO4S. The topological polar surface area (TPSA) is 74.3 Å². The van der Waals surface area contributed by atoms with Gasteiger partial charge in [-0.2, -0.15) is 0 Å². The molecule has 0 N–H and O–H groups in total. The smallest absolute Gasteiger partial charge is 0.747 e. The molecule has 2 fully saturated rings. The molecule has 0 aromatic rings. The molecule has 2 bridgehead atoms. The van der Waals surface area contributed by atoms with Crippen LogP contribution in [0.3, 0.4) is 0 Å². The van der Waals surface area contributed by atoms with Gasteiger partial charge >= 0.3 is 29.6 Å². The fraction of sp³-hybridized carbons (Fsp3) is 0.900. The zero-order valence-corrected chi connectivity index (χ0v) is 14.6. The van der Waals surface area contributed by atoms with Crippen LogP contribution in [0.5, 0.6) is 0 Å². The number of carbonyl (C=O) groups is 1. The monoisotopic (exact) mass is 332 g/mol. The number of ketones is 1. The van der Waals surface area contributed by atoms with Gasteiger partial charge in [0.1, 0.15) is 20.1 Å². The Morgan fingerprint density at radius 1 is 1.47 bits per heavy atom. The third-order valence-corrected chi connectivity index (χ3v) is 7.69. The van der Waals surface area contributed by atoms with Crippen LogP contribution < -0.4 is 29.6 Å². The molecule has 0 amide bonds. The van der Waals surface area contributed by atoms with Crippen molar-refractivity contribution in [3.8, 4) is 0 Å². The molecule has 0 radical (unpaired) electrons. The molecule has 0 saturated heterocycles. The van der Waals surface area contributed by atoms with Gasteiger partial charge in [0.15, 0.2) is 0 Å². The number of Topliss-reactive ketones (excluding diaryl/α,β-unsaturated/α-hetero) is 1. The van der Waals surface area contributed by atoms with E-state index in [0.717, 1.165) is 6.42 Å². The molecule has 3 atom stereocenters. The molecular weight excluding hydrogens is 319 g/mol. The van der Waals surface area contributed by atoms with E-state index in [2.05, 4.69) is 15.9 Å². The molecule has 0 aromatic carbocycles. The van der Waals surface area contributed by atoms with Gasteiger partial charge in [0.2, 0.25) is 0 Å². The first-order valence-corrected chi connectivity index (χ1v) is 7.65. The van der Waals surface area contributed by atoms with Gasteiger partial charge in [-0.1, -0.05) is 29.8 Å². The van der Waals surface area contributed by atoms with Crippen LogP contribution in [0.2, 0.25) is 0 Å². The van der Waals surface area contributed by atoms with E-state index in [1.807, 2.05) is 13.8 Å². The van der Waals surface area contributed by atoms with E-state index >= 15 is 0 Å². The minimum absolute atomic E-state index is 0. The van der Waals surface area contributed by atoms with Crippen molar-refractivity contribution in [2.24, 2.45) is 16.7 Å². The second-order valence-corrected chi connectivity index (χ2v) is 8.34. The summed E-state index contributed by atoms with van der Waals surface area (Å²) in [5, 5.41) is 0. The predicted octanol–water partition coefficient (Wildman–Crippen LogP) is -1.35. The fourth-order valence-electron chi connectivity index (χ4n) is 3.49. The van der Waals surface area contributed by atoms with Crippen molar-refractivity contribution >= 4 is 31.8 Å². The minimum Gasteiger partial charge on any atom is -0.747 e. The van der Waals surface area contributed by atoms with Crippen LogP contribution in [0.4, 0.5) is 0 Å². The van der Waals surface area contributed by atoms with Gasteiger partial charge in [-0.3, -0.25) is 4.79 Å². The van der Waals surface area contributed by atoms with Crippen LogP contribution >= 0.6 is 15.9 Å². The van der Waals surface area contributed by atoms with E-state index in [4.69, 9.17) is 0 Å².